The Kier molecular flexibility index (Phi) is 5.61. The molecule has 1 aromatic carbocycles. The number of rotatable bonds is 5. The molecular weight excluding hydrogens is 379 g/mol. The molecule has 0 bridgehead atoms. The molecule has 0 spiro atoms. The van der Waals surface area contributed by atoms with Gasteiger partial charge in [0.1, 0.15) is 0 Å². The van der Waals surface area contributed by atoms with Gasteiger partial charge in [0.2, 0.25) is 10.0 Å². The topological polar surface area (TPSA) is 101 Å². The van der Waals surface area contributed by atoms with Crippen molar-refractivity contribution in [1.29, 1.82) is 0 Å². The highest BCUT2D eigenvalue weighted by Gasteiger charge is 2.40. The van der Waals surface area contributed by atoms with Crippen molar-refractivity contribution in [3.63, 3.8) is 0 Å². The minimum absolute atomic E-state index is 0.0476. The number of benzene rings is 1. The number of alkyl halides is 3. The van der Waals surface area contributed by atoms with E-state index in [2.05, 4.69) is 4.74 Å². The molecule has 1 fully saturated rings. The molecule has 0 aromatic heterocycles. The molecule has 0 aliphatic carbocycles. The van der Waals surface area contributed by atoms with Gasteiger partial charge in [0, 0.05) is 12.6 Å². The summed E-state index contributed by atoms with van der Waals surface area (Å²) in [5.74, 6) is -2.44. The van der Waals surface area contributed by atoms with E-state index in [-0.39, 0.29) is 13.0 Å². The van der Waals surface area contributed by atoms with Gasteiger partial charge >= 0.3 is 18.1 Å². The fraction of sp³-hybridized carbons (Fsp3) is 0.467. The lowest BCUT2D eigenvalue weighted by Gasteiger charge is -2.24. The quantitative estimate of drug-likeness (QED) is 0.767. The molecule has 0 amide bonds. The molecule has 2 rings (SSSR count). The molecule has 144 valence electrons. The SMILES string of the molecule is COC(=O)CC1CCCN1S(=O)(=O)c1ccc(C(=O)O)c(C(F)(F)F)c1. The number of carbonyl (C=O) groups is 2. The zero-order valence-corrected chi connectivity index (χ0v) is 14.4. The van der Waals surface area contributed by atoms with Gasteiger partial charge in [-0.2, -0.15) is 17.5 Å². The van der Waals surface area contributed by atoms with Crippen molar-refractivity contribution in [2.45, 2.75) is 36.4 Å². The van der Waals surface area contributed by atoms with Gasteiger partial charge in [0.15, 0.2) is 0 Å². The Labute approximate surface area is 147 Å². The van der Waals surface area contributed by atoms with E-state index in [1.165, 1.54) is 0 Å². The molecule has 26 heavy (non-hydrogen) atoms. The number of aromatic carboxylic acids is 1. The summed E-state index contributed by atoms with van der Waals surface area (Å²) in [5, 5.41) is 8.89. The van der Waals surface area contributed by atoms with Crippen LogP contribution in [0.1, 0.15) is 35.2 Å². The first-order valence-corrected chi connectivity index (χ1v) is 8.95. The van der Waals surface area contributed by atoms with Gasteiger partial charge < -0.3 is 9.84 Å². The van der Waals surface area contributed by atoms with Gasteiger partial charge in [-0.3, -0.25) is 4.79 Å². The molecule has 1 heterocycles. The lowest BCUT2D eigenvalue weighted by molar-refractivity contribution is -0.141. The monoisotopic (exact) mass is 395 g/mol. The molecule has 1 aliphatic heterocycles. The van der Waals surface area contributed by atoms with Crippen LogP contribution >= 0.6 is 0 Å². The highest BCUT2D eigenvalue weighted by atomic mass is 32.2. The van der Waals surface area contributed by atoms with E-state index in [4.69, 9.17) is 5.11 Å². The third kappa shape index (κ3) is 3.98. The normalized spacial score (nSPS) is 18.7. The van der Waals surface area contributed by atoms with Crippen molar-refractivity contribution in [1.82, 2.24) is 4.31 Å². The predicted molar refractivity (Wildman–Crippen MR) is 82.0 cm³/mol. The number of carbonyl (C=O) groups excluding carboxylic acids is 1. The van der Waals surface area contributed by atoms with Crippen LogP contribution in [0, 0.1) is 0 Å². The standard InChI is InChI=1S/C15H16F3NO6S/c1-25-13(20)7-9-3-2-6-19(9)26(23,24)10-4-5-11(14(21)22)12(8-10)15(16,17)18/h4-5,8-9H,2-3,6-7H2,1H3,(H,21,22). The van der Waals surface area contributed by atoms with Crippen LogP contribution in [0.4, 0.5) is 13.2 Å². The Hall–Kier alpha value is -2.14. The summed E-state index contributed by atoms with van der Waals surface area (Å²) in [4.78, 5) is 21.7. The Balaban J connectivity index is 2.46. The number of esters is 1. The molecule has 1 aliphatic rings. The predicted octanol–water partition coefficient (Wildman–Crippen LogP) is 2.12. The second-order valence-electron chi connectivity index (χ2n) is 5.70. The van der Waals surface area contributed by atoms with Gasteiger partial charge in [0.05, 0.1) is 29.6 Å². The Morgan fingerprint density at radius 3 is 2.54 bits per heavy atom. The Bertz CT molecular complexity index is 821. The number of halogens is 3. The van der Waals surface area contributed by atoms with Crippen molar-refractivity contribution < 1.29 is 41.0 Å². The van der Waals surface area contributed by atoms with Gasteiger partial charge in [-0.15, -0.1) is 0 Å². The lowest BCUT2D eigenvalue weighted by atomic mass is 10.1. The van der Waals surface area contributed by atoms with Crippen LogP contribution in [0.5, 0.6) is 0 Å². The van der Waals surface area contributed by atoms with Crippen LogP contribution in [0.15, 0.2) is 23.1 Å². The average Bonchev–Trinajstić information content (AvgIpc) is 3.02. The maximum atomic E-state index is 13.1. The summed E-state index contributed by atoms with van der Waals surface area (Å²) in [6.07, 6.45) is -4.43. The summed E-state index contributed by atoms with van der Waals surface area (Å²) < 4.78 is 70.3. The van der Waals surface area contributed by atoms with Crippen LogP contribution in [0.25, 0.3) is 0 Å². The molecule has 0 saturated carbocycles. The first-order chi connectivity index (χ1) is 12.0. The second-order valence-corrected chi connectivity index (χ2v) is 7.59. The Morgan fingerprint density at radius 2 is 2.00 bits per heavy atom. The van der Waals surface area contributed by atoms with Crippen LogP contribution < -0.4 is 0 Å². The fourth-order valence-corrected chi connectivity index (χ4v) is 4.57. The van der Waals surface area contributed by atoms with Crippen LogP contribution in [-0.4, -0.2) is 49.5 Å². The number of nitrogens with zero attached hydrogens (tertiary/aromatic N) is 1. The van der Waals surface area contributed by atoms with Gasteiger partial charge in [-0.1, -0.05) is 0 Å². The van der Waals surface area contributed by atoms with Crippen molar-refractivity contribution >= 4 is 22.0 Å². The third-order valence-electron chi connectivity index (χ3n) is 4.09. The van der Waals surface area contributed by atoms with Crippen LogP contribution in [-0.2, 0) is 25.7 Å². The molecule has 0 radical (unpaired) electrons. The summed E-state index contributed by atoms with van der Waals surface area (Å²) in [7, 11) is -3.19. The van der Waals surface area contributed by atoms with E-state index in [1.807, 2.05) is 0 Å². The molecule has 7 nitrogen and oxygen atoms in total. The third-order valence-corrected chi connectivity index (χ3v) is 6.03. The molecule has 1 aromatic rings. The van der Waals surface area contributed by atoms with Crippen molar-refractivity contribution in [2.75, 3.05) is 13.7 Å². The van der Waals surface area contributed by atoms with Crippen LogP contribution in [0.2, 0.25) is 0 Å². The van der Waals surface area contributed by atoms with E-state index < -0.39 is 50.2 Å². The van der Waals surface area contributed by atoms with E-state index in [0.717, 1.165) is 17.5 Å². The molecule has 1 unspecified atom stereocenters. The minimum Gasteiger partial charge on any atom is -0.478 e. The number of sulfonamides is 1. The van der Waals surface area contributed by atoms with E-state index in [0.29, 0.717) is 25.0 Å². The summed E-state index contributed by atoms with van der Waals surface area (Å²) in [5.41, 5.74) is -2.58. The number of ether oxygens (including phenoxy) is 1. The van der Waals surface area contributed by atoms with Crippen molar-refractivity contribution in [3.8, 4) is 0 Å². The van der Waals surface area contributed by atoms with E-state index in [9.17, 15) is 31.2 Å². The van der Waals surface area contributed by atoms with E-state index in [1.54, 1.807) is 0 Å². The highest BCUT2D eigenvalue weighted by molar-refractivity contribution is 7.89. The first kappa shape index (κ1) is 20.2. The Morgan fingerprint density at radius 1 is 1.35 bits per heavy atom. The smallest absolute Gasteiger partial charge is 0.417 e. The van der Waals surface area contributed by atoms with Crippen molar-refractivity contribution in [2.24, 2.45) is 0 Å². The van der Waals surface area contributed by atoms with Gasteiger partial charge in [-0.25, -0.2) is 13.2 Å². The van der Waals surface area contributed by atoms with E-state index >= 15 is 0 Å². The van der Waals surface area contributed by atoms with Crippen molar-refractivity contribution in [3.05, 3.63) is 29.3 Å². The average molecular weight is 395 g/mol. The summed E-state index contributed by atoms with van der Waals surface area (Å²) in [6.45, 7) is 0.0476. The zero-order valence-electron chi connectivity index (χ0n) is 13.6. The molecule has 11 heteroatoms. The molecular formula is C15H16F3NO6S. The number of methoxy groups -OCH3 is 1. The second kappa shape index (κ2) is 7.23. The minimum atomic E-state index is -5.03. The maximum Gasteiger partial charge on any atom is 0.417 e. The van der Waals surface area contributed by atoms with Gasteiger partial charge in [-0.05, 0) is 31.0 Å². The highest BCUT2D eigenvalue weighted by Crippen LogP contribution is 2.35. The fourth-order valence-electron chi connectivity index (χ4n) is 2.85. The zero-order chi connectivity index (χ0) is 19.7. The molecule has 1 saturated heterocycles. The number of hydrogen-bond acceptors (Lipinski definition) is 5. The summed E-state index contributed by atoms with van der Waals surface area (Å²) >= 11 is 0. The first-order valence-electron chi connectivity index (χ1n) is 7.51. The lowest BCUT2D eigenvalue weighted by Crippen LogP contribution is -2.37. The van der Waals surface area contributed by atoms with Gasteiger partial charge in [0.25, 0.3) is 0 Å². The molecule has 1 N–H and O–H groups in total. The summed E-state index contributed by atoms with van der Waals surface area (Å²) in [6, 6.07) is 1.03. The number of carboxylic acids is 1. The number of carboxylic acid groups (broad SMARTS) is 1. The maximum absolute atomic E-state index is 13.1. The number of hydrogen-bond donors (Lipinski definition) is 1. The molecule has 1 atom stereocenters. The van der Waals surface area contributed by atoms with Crippen LogP contribution in [0.3, 0.4) is 0 Å². The largest absolute Gasteiger partial charge is 0.478 e.